The van der Waals surface area contributed by atoms with E-state index in [4.69, 9.17) is 4.74 Å². The van der Waals surface area contributed by atoms with Crippen LogP contribution in [0.25, 0.3) is 0 Å². The van der Waals surface area contributed by atoms with Crippen molar-refractivity contribution >= 4 is 47.6 Å². The van der Waals surface area contributed by atoms with Crippen LogP contribution in [0.4, 0.5) is 10.5 Å². The van der Waals surface area contributed by atoms with Gasteiger partial charge in [0, 0.05) is 71.0 Å². The maximum atomic E-state index is 12.6. The van der Waals surface area contributed by atoms with E-state index >= 15 is 0 Å². The summed E-state index contributed by atoms with van der Waals surface area (Å²) >= 11 is 0. The Morgan fingerprint density at radius 2 is 1.70 bits per heavy atom. The summed E-state index contributed by atoms with van der Waals surface area (Å²) in [4.78, 5) is 34.7. The van der Waals surface area contributed by atoms with Gasteiger partial charge in [-0.15, -0.1) is 24.0 Å². The van der Waals surface area contributed by atoms with Crippen molar-refractivity contribution in [3.05, 3.63) is 30.3 Å². The van der Waals surface area contributed by atoms with Gasteiger partial charge in [0.25, 0.3) is 0 Å². The van der Waals surface area contributed by atoms with Gasteiger partial charge in [0.2, 0.25) is 5.91 Å². The fourth-order valence-corrected chi connectivity index (χ4v) is 4.11. The van der Waals surface area contributed by atoms with Crippen molar-refractivity contribution < 1.29 is 14.3 Å². The molecule has 2 N–H and O–H groups in total. The molecular formula is C23H37IN6O3. The summed E-state index contributed by atoms with van der Waals surface area (Å²) in [6.45, 7) is 7.31. The van der Waals surface area contributed by atoms with Gasteiger partial charge in [-0.25, -0.2) is 4.79 Å². The molecule has 0 aliphatic carbocycles. The molecule has 33 heavy (non-hydrogen) atoms. The van der Waals surface area contributed by atoms with E-state index in [1.807, 2.05) is 30.0 Å². The maximum Gasteiger partial charge on any atom is 0.409 e. The second-order valence-electron chi connectivity index (χ2n) is 8.06. The minimum Gasteiger partial charge on any atom is -0.450 e. The number of guanidine groups is 1. The fraction of sp³-hybridized carbons (Fsp3) is 0.609. The number of aliphatic imine (C=N–C) groups is 1. The molecule has 2 heterocycles. The van der Waals surface area contributed by atoms with Crippen LogP contribution in [0.2, 0.25) is 0 Å². The smallest absolute Gasteiger partial charge is 0.409 e. The lowest BCUT2D eigenvalue weighted by Gasteiger charge is -2.36. The first-order chi connectivity index (χ1) is 15.6. The van der Waals surface area contributed by atoms with Crippen molar-refractivity contribution in [1.82, 2.24) is 20.4 Å². The zero-order chi connectivity index (χ0) is 22.8. The molecule has 0 spiro atoms. The van der Waals surface area contributed by atoms with Gasteiger partial charge in [-0.2, -0.15) is 0 Å². The van der Waals surface area contributed by atoms with Crippen LogP contribution in [0.3, 0.4) is 0 Å². The number of benzene rings is 1. The SMILES string of the molecule is CCOC(=O)N1CCC(NC(=NC)NCCC(=O)N2CCN(c3ccccc3)CC2)CC1.I. The second-order valence-corrected chi connectivity index (χ2v) is 8.06. The molecule has 0 unspecified atom stereocenters. The molecule has 0 atom stereocenters. The lowest BCUT2D eigenvalue weighted by atomic mass is 10.1. The maximum absolute atomic E-state index is 12.6. The number of piperidine rings is 1. The molecule has 0 radical (unpaired) electrons. The Morgan fingerprint density at radius 3 is 2.30 bits per heavy atom. The Morgan fingerprint density at radius 1 is 1.03 bits per heavy atom. The highest BCUT2D eigenvalue weighted by atomic mass is 127. The van der Waals surface area contributed by atoms with Gasteiger partial charge in [-0.05, 0) is 31.9 Å². The number of hydrogen-bond donors (Lipinski definition) is 2. The number of piperazine rings is 1. The number of carbonyl (C=O) groups is 2. The van der Waals surface area contributed by atoms with E-state index in [1.54, 1.807) is 11.9 Å². The molecule has 184 valence electrons. The molecule has 1 aromatic carbocycles. The molecule has 2 fully saturated rings. The third kappa shape index (κ3) is 8.24. The van der Waals surface area contributed by atoms with Crippen molar-refractivity contribution in [2.24, 2.45) is 4.99 Å². The molecule has 2 saturated heterocycles. The van der Waals surface area contributed by atoms with E-state index < -0.39 is 0 Å². The van der Waals surface area contributed by atoms with Gasteiger partial charge >= 0.3 is 6.09 Å². The van der Waals surface area contributed by atoms with Crippen LogP contribution in [0, 0.1) is 0 Å². The molecule has 9 nitrogen and oxygen atoms in total. The average Bonchev–Trinajstić information content (AvgIpc) is 2.84. The first kappa shape index (κ1) is 27.0. The number of carbonyl (C=O) groups excluding carboxylic acids is 2. The monoisotopic (exact) mass is 572 g/mol. The predicted octanol–water partition coefficient (Wildman–Crippen LogP) is 2.13. The summed E-state index contributed by atoms with van der Waals surface area (Å²) in [6, 6.07) is 10.6. The zero-order valence-corrected chi connectivity index (χ0v) is 22.0. The van der Waals surface area contributed by atoms with E-state index in [9.17, 15) is 9.59 Å². The van der Waals surface area contributed by atoms with E-state index in [2.05, 4.69) is 32.7 Å². The summed E-state index contributed by atoms with van der Waals surface area (Å²) in [5.74, 6) is 0.865. The van der Waals surface area contributed by atoms with Crippen molar-refractivity contribution in [1.29, 1.82) is 0 Å². The molecule has 10 heteroatoms. The van der Waals surface area contributed by atoms with Crippen LogP contribution in [0.1, 0.15) is 26.2 Å². The van der Waals surface area contributed by atoms with E-state index in [0.717, 1.165) is 39.0 Å². The molecule has 2 aliphatic heterocycles. The Kier molecular flexibility index (Phi) is 11.6. The molecule has 0 bridgehead atoms. The van der Waals surface area contributed by atoms with E-state index in [1.165, 1.54) is 5.69 Å². The summed E-state index contributed by atoms with van der Waals surface area (Å²) in [6.07, 6.45) is 1.87. The number of amides is 2. The number of nitrogens with zero attached hydrogens (tertiary/aromatic N) is 4. The van der Waals surface area contributed by atoms with Crippen LogP contribution < -0.4 is 15.5 Å². The number of anilines is 1. The van der Waals surface area contributed by atoms with Crippen molar-refractivity contribution in [2.75, 3.05) is 64.4 Å². The first-order valence-corrected chi connectivity index (χ1v) is 11.6. The number of halogens is 1. The Bertz CT molecular complexity index is 763. The molecule has 2 amide bonds. The fourth-order valence-electron chi connectivity index (χ4n) is 4.11. The number of hydrogen-bond acceptors (Lipinski definition) is 5. The molecule has 0 saturated carbocycles. The van der Waals surface area contributed by atoms with Gasteiger partial charge < -0.3 is 30.1 Å². The number of likely N-dealkylation sites (tertiary alicyclic amines) is 1. The van der Waals surface area contributed by atoms with Gasteiger partial charge in [0.15, 0.2) is 5.96 Å². The molecular weight excluding hydrogens is 535 g/mol. The summed E-state index contributed by atoms with van der Waals surface area (Å²) < 4.78 is 5.06. The average molecular weight is 572 g/mol. The van der Waals surface area contributed by atoms with E-state index in [-0.39, 0.29) is 42.0 Å². The Balaban J connectivity index is 0.00000385. The third-order valence-corrected chi connectivity index (χ3v) is 5.97. The molecule has 3 rings (SSSR count). The molecule has 1 aromatic rings. The van der Waals surface area contributed by atoms with Crippen LogP contribution >= 0.6 is 24.0 Å². The lowest BCUT2D eigenvalue weighted by molar-refractivity contribution is -0.131. The number of ether oxygens (including phenoxy) is 1. The summed E-state index contributed by atoms with van der Waals surface area (Å²) in [5, 5.41) is 6.65. The number of nitrogens with one attached hydrogen (secondary N) is 2. The van der Waals surface area contributed by atoms with Crippen molar-refractivity contribution in [3.63, 3.8) is 0 Å². The number of rotatable bonds is 6. The Hall–Kier alpha value is -2.24. The summed E-state index contributed by atoms with van der Waals surface area (Å²) in [5.41, 5.74) is 1.21. The highest BCUT2D eigenvalue weighted by Crippen LogP contribution is 2.16. The number of para-hydroxylation sites is 1. The minimum absolute atomic E-state index is 0. The van der Waals surface area contributed by atoms with Crippen LogP contribution in [0.5, 0.6) is 0 Å². The highest BCUT2D eigenvalue weighted by Gasteiger charge is 2.24. The normalized spacial score (nSPS) is 17.3. The summed E-state index contributed by atoms with van der Waals surface area (Å²) in [7, 11) is 1.73. The van der Waals surface area contributed by atoms with Gasteiger partial charge in [-0.3, -0.25) is 9.79 Å². The van der Waals surface area contributed by atoms with Crippen molar-refractivity contribution in [2.45, 2.75) is 32.2 Å². The standard InChI is InChI=1S/C23H36N6O3.HI/c1-3-32-23(31)29-13-10-19(11-14-29)26-22(24-2)25-12-9-21(30)28-17-15-27(16-18-28)20-7-5-4-6-8-20;/h4-8,19H,3,9-18H2,1-2H3,(H2,24,25,26);1H. The zero-order valence-electron chi connectivity index (χ0n) is 19.7. The third-order valence-electron chi connectivity index (χ3n) is 5.97. The lowest BCUT2D eigenvalue weighted by Crippen LogP contribution is -2.51. The molecule has 2 aliphatic rings. The van der Waals surface area contributed by atoms with Gasteiger partial charge in [0.1, 0.15) is 0 Å². The topological polar surface area (TPSA) is 89.5 Å². The van der Waals surface area contributed by atoms with Gasteiger partial charge in [0.05, 0.1) is 6.61 Å². The highest BCUT2D eigenvalue weighted by molar-refractivity contribution is 14.0. The largest absolute Gasteiger partial charge is 0.450 e. The van der Waals surface area contributed by atoms with Gasteiger partial charge in [-0.1, -0.05) is 18.2 Å². The molecule has 0 aromatic heterocycles. The Labute approximate surface area is 213 Å². The van der Waals surface area contributed by atoms with Crippen molar-refractivity contribution in [3.8, 4) is 0 Å². The van der Waals surface area contributed by atoms with Crippen LogP contribution in [0.15, 0.2) is 35.3 Å². The van der Waals surface area contributed by atoms with E-state index in [0.29, 0.717) is 38.6 Å². The quantitative estimate of drug-likeness (QED) is 0.309. The first-order valence-electron chi connectivity index (χ1n) is 11.6. The van der Waals surface area contributed by atoms with Crippen LogP contribution in [-0.2, 0) is 9.53 Å². The second kappa shape index (κ2) is 14.1. The predicted molar refractivity (Wildman–Crippen MR) is 141 cm³/mol. The minimum atomic E-state index is -0.239. The van der Waals surface area contributed by atoms with Crippen LogP contribution in [-0.4, -0.2) is 93.3 Å².